The predicted octanol–water partition coefficient (Wildman–Crippen LogP) is 3.06. The fourth-order valence-corrected chi connectivity index (χ4v) is 3.51. The van der Waals surface area contributed by atoms with Crippen LogP contribution in [0.3, 0.4) is 0 Å². The zero-order chi connectivity index (χ0) is 18.5. The van der Waals surface area contributed by atoms with Crippen LogP contribution in [0.4, 0.5) is 0 Å². The first kappa shape index (κ1) is 18.0. The molecule has 2 aromatic carbocycles. The number of hydrogen-bond donors (Lipinski definition) is 1. The highest BCUT2D eigenvalue weighted by molar-refractivity contribution is 7.99. The van der Waals surface area contributed by atoms with Crippen molar-refractivity contribution in [2.45, 2.75) is 28.7 Å². The lowest BCUT2D eigenvalue weighted by molar-refractivity contribution is -0.121. The van der Waals surface area contributed by atoms with Crippen LogP contribution in [0.5, 0.6) is 0 Å². The average Bonchev–Trinajstić information content (AvgIpc) is 3.45. The van der Waals surface area contributed by atoms with Crippen molar-refractivity contribution in [3.8, 4) is 6.07 Å². The van der Waals surface area contributed by atoms with Gasteiger partial charge in [-0.2, -0.15) is 5.26 Å². The number of amides is 2. The van der Waals surface area contributed by atoms with E-state index < -0.39 is 0 Å². The van der Waals surface area contributed by atoms with Gasteiger partial charge in [0.05, 0.1) is 17.7 Å². The zero-order valence-corrected chi connectivity index (χ0v) is 15.3. The molecule has 2 aromatic rings. The van der Waals surface area contributed by atoms with E-state index >= 15 is 0 Å². The molecule has 5 nitrogen and oxygen atoms in total. The third-order valence-electron chi connectivity index (χ3n) is 4.01. The van der Waals surface area contributed by atoms with Crippen LogP contribution >= 0.6 is 11.8 Å². The number of carbonyl (C=O) groups excluding carboxylic acids is 2. The molecule has 0 saturated heterocycles. The number of hydrogen-bond acceptors (Lipinski definition) is 4. The molecule has 0 atom stereocenters. The Hall–Kier alpha value is -2.78. The number of benzene rings is 2. The number of carbonyl (C=O) groups is 2. The van der Waals surface area contributed by atoms with E-state index in [1.807, 2.05) is 30.3 Å². The van der Waals surface area contributed by atoms with Gasteiger partial charge in [-0.3, -0.25) is 9.59 Å². The molecule has 0 aromatic heterocycles. The molecule has 1 fully saturated rings. The van der Waals surface area contributed by atoms with E-state index in [0.717, 1.165) is 22.6 Å². The van der Waals surface area contributed by atoms with Crippen LogP contribution in [0.1, 0.15) is 28.8 Å². The molecule has 1 aliphatic carbocycles. The quantitative estimate of drug-likeness (QED) is 0.854. The molecular formula is C20H19N3O2S. The molecule has 0 unspecified atom stereocenters. The van der Waals surface area contributed by atoms with Crippen molar-refractivity contribution in [3.05, 3.63) is 59.7 Å². The van der Waals surface area contributed by atoms with Gasteiger partial charge in [0.15, 0.2) is 0 Å². The summed E-state index contributed by atoms with van der Waals surface area (Å²) in [6, 6.07) is 17.0. The Bertz CT molecular complexity index is 871. The lowest BCUT2D eigenvalue weighted by Gasteiger charge is -2.18. The Kier molecular flexibility index (Phi) is 5.59. The third-order valence-corrected chi connectivity index (χ3v) is 5.17. The molecule has 0 heterocycles. The van der Waals surface area contributed by atoms with Gasteiger partial charge in [-0.15, -0.1) is 0 Å². The Morgan fingerprint density at radius 3 is 2.50 bits per heavy atom. The summed E-state index contributed by atoms with van der Waals surface area (Å²) in [5, 5.41) is 12.1. The molecule has 0 spiro atoms. The van der Waals surface area contributed by atoms with Crippen molar-refractivity contribution >= 4 is 23.6 Å². The van der Waals surface area contributed by atoms with Gasteiger partial charge in [0.1, 0.15) is 6.07 Å². The lowest BCUT2D eigenvalue weighted by Crippen LogP contribution is -2.39. The Labute approximate surface area is 157 Å². The molecule has 26 heavy (non-hydrogen) atoms. The van der Waals surface area contributed by atoms with Gasteiger partial charge < -0.3 is 10.2 Å². The van der Waals surface area contributed by atoms with E-state index in [9.17, 15) is 14.9 Å². The highest BCUT2D eigenvalue weighted by atomic mass is 32.2. The standard InChI is InChI=1S/C20H19N3O2S/c1-23(13-19(24)22-15-10-11-15)20(25)16-7-3-5-9-18(16)26-17-8-4-2-6-14(17)12-21/h2-9,15H,10-11,13H2,1H3,(H,22,24). The van der Waals surface area contributed by atoms with Crippen LogP contribution < -0.4 is 5.32 Å². The molecule has 0 radical (unpaired) electrons. The normalized spacial score (nSPS) is 12.9. The summed E-state index contributed by atoms with van der Waals surface area (Å²) in [5.74, 6) is -0.350. The number of nitrogens with zero attached hydrogens (tertiary/aromatic N) is 2. The SMILES string of the molecule is CN(CC(=O)NC1CC1)C(=O)c1ccccc1Sc1ccccc1C#N. The van der Waals surface area contributed by atoms with Crippen molar-refractivity contribution in [3.63, 3.8) is 0 Å². The Balaban J connectivity index is 1.76. The number of rotatable bonds is 6. The van der Waals surface area contributed by atoms with Gasteiger partial charge in [-0.1, -0.05) is 36.0 Å². The molecule has 0 aliphatic heterocycles. The second-order valence-electron chi connectivity index (χ2n) is 6.21. The number of nitriles is 1. The Morgan fingerprint density at radius 2 is 1.81 bits per heavy atom. The van der Waals surface area contributed by atoms with Crippen LogP contribution in [-0.4, -0.2) is 36.3 Å². The van der Waals surface area contributed by atoms with E-state index in [4.69, 9.17) is 0 Å². The van der Waals surface area contributed by atoms with E-state index in [2.05, 4.69) is 11.4 Å². The first-order valence-electron chi connectivity index (χ1n) is 8.39. The van der Waals surface area contributed by atoms with Gasteiger partial charge in [0.2, 0.25) is 5.91 Å². The summed E-state index contributed by atoms with van der Waals surface area (Å²) < 4.78 is 0. The molecule has 6 heteroatoms. The molecule has 132 valence electrons. The van der Waals surface area contributed by atoms with Gasteiger partial charge in [-0.05, 0) is 37.1 Å². The van der Waals surface area contributed by atoms with Crippen molar-refractivity contribution in [1.29, 1.82) is 5.26 Å². The average molecular weight is 365 g/mol. The first-order valence-corrected chi connectivity index (χ1v) is 9.21. The van der Waals surface area contributed by atoms with Gasteiger partial charge in [0.25, 0.3) is 5.91 Å². The minimum atomic E-state index is -0.214. The predicted molar refractivity (Wildman–Crippen MR) is 99.8 cm³/mol. The van der Waals surface area contributed by atoms with Gasteiger partial charge in [-0.25, -0.2) is 0 Å². The smallest absolute Gasteiger partial charge is 0.255 e. The fourth-order valence-electron chi connectivity index (χ4n) is 2.49. The van der Waals surface area contributed by atoms with E-state index in [1.54, 1.807) is 25.2 Å². The van der Waals surface area contributed by atoms with Gasteiger partial charge >= 0.3 is 0 Å². The van der Waals surface area contributed by atoms with Crippen molar-refractivity contribution in [2.24, 2.45) is 0 Å². The summed E-state index contributed by atoms with van der Waals surface area (Å²) in [7, 11) is 1.62. The minimum absolute atomic E-state index is 0.0309. The summed E-state index contributed by atoms with van der Waals surface area (Å²) in [6.07, 6.45) is 2.03. The fraction of sp³-hybridized carbons (Fsp3) is 0.250. The van der Waals surface area contributed by atoms with Crippen molar-refractivity contribution in [1.82, 2.24) is 10.2 Å². The summed E-state index contributed by atoms with van der Waals surface area (Å²) in [6.45, 7) is 0.0309. The summed E-state index contributed by atoms with van der Waals surface area (Å²) in [5.41, 5.74) is 1.09. The minimum Gasteiger partial charge on any atom is -0.352 e. The van der Waals surface area contributed by atoms with E-state index in [0.29, 0.717) is 11.1 Å². The second-order valence-corrected chi connectivity index (χ2v) is 7.29. The third kappa shape index (κ3) is 4.44. The number of likely N-dealkylation sites (N-methyl/N-ethyl adjacent to an activating group) is 1. The molecule has 0 bridgehead atoms. The Morgan fingerprint density at radius 1 is 1.15 bits per heavy atom. The monoisotopic (exact) mass is 365 g/mol. The number of nitrogens with one attached hydrogen (secondary N) is 1. The lowest BCUT2D eigenvalue weighted by atomic mass is 10.2. The first-order chi connectivity index (χ1) is 12.6. The highest BCUT2D eigenvalue weighted by Gasteiger charge is 2.25. The maximum atomic E-state index is 12.8. The second kappa shape index (κ2) is 8.07. The van der Waals surface area contributed by atoms with Crippen LogP contribution in [0, 0.1) is 11.3 Å². The molecule has 1 saturated carbocycles. The maximum absolute atomic E-state index is 12.8. The zero-order valence-electron chi connectivity index (χ0n) is 14.4. The van der Waals surface area contributed by atoms with E-state index in [-0.39, 0.29) is 24.4 Å². The van der Waals surface area contributed by atoms with Crippen molar-refractivity contribution < 1.29 is 9.59 Å². The highest BCUT2D eigenvalue weighted by Crippen LogP contribution is 2.33. The largest absolute Gasteiger partial charge is 0.352 e. The maximum Gasteiger partial charge on any atom is 0.255 e. The summed E-state index contributed by atoms with van der Waals surface area (Å²) >= 11 is 1.38. The topological polar surface area (TPSA) is 73.2 Å². The summed E-state index contributed by atoms with van der Waals surface area (Å²) in [4.78, 5) is 27.7. The van der Waals surface area contributed by atoms with E-state index in [1.165, 1.54) is 16.7 Å². The van der Waals surface area contributed by atoms with Crippen LogP contribution in [0.2, 0.25) is 0 Å². The molecule has 2 amide bonds. The van der Waals surface area contributed by atoms with Crippen molar-refractivity contribution in [2.75, 3.05) is 13.6 Å². The van der Waals surface area contributed by atoms with Crippen LogP contribution in [-0.2, 0) is 4.79 Å². The van der Waals surface area contributed by atoms with Crippen LogP contribution in [0.15, 0.2) is 58.3 Å². The molecular weight excluding hydrogens is 346 g/mol. The molecule has 1 N–H and O–H groups in total. The van der Waals surface area contributed by atoms with Gasteiger partial charge in [0, 0.05) is 22.9 Å². The molecule has 3 rings (SSSR count). The molecule has 1 aliphatic rings. The van der Waals surface area contributed by atoms with Crippen LogP contribution in [0.25, 0.3) is 0 Å².